The molecule has 0 radical (unpaired) electrons. The van der Waals surface area contributed by atoms with Gasteiger partial charge in [-0.3, -0.25) is 9.59 Å². The van der Waals surface area contributed by atoms with Crippen LogP contribution >= 0.6 is 11.6 Å². The summed E-state index contributed by atoms with van der Waals surface area (Å²) in [4.78, 5) is 39.0. The van der Waals surface area contributed by atoms with E-state index in [0.29, 0.717) is 54.7 Å². The molecule has 0 bridgehead atoms. The standard InChI is InChI=1S/C27H24ClF3N8O3/c28-17-1-2-21-20(9-17)39(22-11-19(27(29,30)31)24(41)36-35-22)14-18(42-21)10-23(40)37-5-7-38(8-6-37)25-33-12-16(13-34-25)26(15-32)3-4-26/h1-2,9,11-13,18H,3-8,10,14H2,(H,36,41). The summed E-state index contributed by atoms with van der Waals surface area (Å²) >= 11 is 6.15. The van der Waals surface area contributed by atoms with Gasteiger partial charge in [-0.1, -0.05) is 11.6 Å². The van der Waals surface area contributed by atoms with Gasteiger partial charge in [0.05, 0.1) is 30.1 Å². The van der Waals surface area contributed by atoms with Crippen LogP contribution in [0.4, 0.5) is 30.6 Å². The summed E-state index contributed by atoms with van der Waals surface area (Å²) in [6.07, 6.45) is -0.608. The first-order valence-electron chi connectivity index (χ1n) is 13.2. The van der Waals surface area contributed by atoms with Gasteiger partial charge in [-0.05, 0) is 31.0 Å². The molecule has 1 aliphatic carbocycles. The normalized spacial score (nSPS) is 19.5. The highest BCUT2D eigenvalue weighted by Gasteiger charge is 2.45. The number of nitrogens with one attached hydrogen (secondary N) is 1. The number of aromatic amines is 1. The topological polar surface area (TPSA) is 131 Å². The number of rotatable bonds is 5. The van der Waals surface area contributed by atoms with Crippen LogP contribution in [0.25, 0.3) is 0 Å². The van der Waals surface area contributed by atoms with Crippen molar-refractivity contribution in [2.45, 2.75) is 37.0 Å². The molecule has 218 valence electrons. The van der Waals surface area contributed by atoms with Gasteiger partial charge in [-0.15, -0.1) is 0 Å². The molecular weight excluding hydrogens is 577 g/mol. The molecule has 3 aromatic rings. The van der Waals surface area contributed by atoms with E-state index in [-0.39, 0.29) is 24.7 Å². The minimum Gasteiger partial charge on any atom is -0.486 e. The molecule has 2 aromatic heterocycles. The quantitative estimate of drug-likeness (QED) is 0.468. The van der Waals surface area contributed by atoms with E-state index < -0.39 is 28.8 Å². The average molecular weight is 601 g/mol. The van der Waals surface area contributed by atoms with E-state index in [1.54, 1.807) is 29.4 Å². The van der Waals surface area contributed by atoms with Crippen molar-refractivity contribution in [2.75, 3.05) is 42.5 Å². The Morgan fingerprint density at radius 3 is 2.52 bits per heavy atom. The summed E-state index contributed by atoms with van der Waals surface area (Å²) in [5.74, 6) is 0.518. The van der Waals surface area contributed by atoms with Crippen LogP contribution < -0.4 is 20.1 Å². The number of nitriles is 1. The highest BCUT2D eigenvalue weighted by molar-refractivity contribution is 6.31. The Labute approximate surface area is 242 Å². The maximum absolute atomic E-state index is 13.4. The molecule has 42 heavy (non-hydrogen) atoms. The third kappa shape index (κ3) is 5.32. The molecule has 3 aliphatic rings. The predicted molar refractivity (Wildman–Crippen MR) is 145 cm³/mol. The number of H-pyrrole nitrogens is 1. The van der Waals surface area contributed by atoms with Crippen LogP contribution in [0.15, 0.2) is 41.5 Å². The molecule has 1 aromatic carbocycles. The number of fused-ring (bicyclic) bond motifs is 1. The van der Waals surface area contributed by atoms with Crippen LogP contribution in [-0.4, -0.2) is 69.8 Å². The van der Waals surface area contributed by atoms with Crippen LogP contribution in [0.5, 0.6) is 5.75 Å². The summed E-state index contributed by atoms with van der Waals surface area (Å²) in [5.41, 5.74) is -2.02. The van der Waals surface area contributed by atoms with Gasteiger partial charge in [0.2, 0.25) is 11.9 Å². The predicted octanol–water partition coefficient (Wildman–Crippen LogP) is 3.43. The molecule has 1 saturated carbocycles. The Kier molecular flexibility index (Phi) is 6.92. The van der Waals surface area contributed by atoms with Crippen molar-refractivity contribution < 1.29 is 22.7 Å². The highest BCUT2D eigenvalue weighted by atomic mass is 35.5. The van der Waals surface area contributed by atoms with E-state index in [1.165, 1.54) is 11.0 Å². The number of piperazine rings is 1. The van der Waals surface area contributed by atoms with Crippen LogP contribution in [0.1, 0.15) is 30.4 Å². The van der Waals surface area contributed by atoms with Crippen molar-refractivity contribution in [1.82, 2.24) is 25.1 Å². The Bertz CT molecular complexity index is 1610. The summed E-state index contributed by atoms with van der Waals surface area (Å²) in [6.45, 7) is 1.86. The maximum atomic E-state index is 13.4. The number of nitrogens with zero attached hydrogens (tertiary/aromatic N) is 7. The van der Waals surface area contributed by atoms with E-state index in [1.807, 2.05) is 10.00 Å². The summed E-state index contributed by atoms with van der Waals surface area (Å²) in [6, 6.07) is 7.67. The Balaban J connectivity index is 1.13. The monoisotopic (exact) mass is 600 g/mol. The first-order chi connectivity index (χ1) is 20.1. The number of ether oxygens (including phenoxy) is 1. The number of carbonyl (C=O) groups is 1. The number of alkyl halides is 3. The number of hydrogen-bond acceptors (Lipinski definition) is 9. The number of carbonyl (C=O) groups excluding carboxylic acids is 1. The number of aromatic nitrogens is 4. The second-order valence-corrected chi connectivity index (χ2v) is 10.9. The van der Waals surface area contributed by atoms with Crippen molar-refractivity contribution in [2.24, 2.45) is 0 Å². The molecule has 4 heterocycles. The second-order valence-electron chi connectivity index (χ2n) is 10.5. The smallest absolute Gasteiger partial charge is 0.421 e. The molecule has 2 fully saturated rings. The number of anilines is 3. The van der Waals surface area contributed by atoms with Crippen molar-refractivity contribution in [3.05, 3.63) is 63.2 Å². The van der Waals surface area contributed by atoms with E-state index in [2.05, 4.69) is 21.1 Å². The van der Waals surface area contributed by atoms with Gasteiger partial charge in [0.15, 0.2) is 5.82 Å². The van der Waals surface area contributed by atoms with E-state index in [9.17, 15) is 28.0 Å². The lowest BCUT2D eigenvalue weighted by atomic mass is 10.0. The fourth-order valence-corrected chi connectivity index (χ4v) is 5.35. The number of amides is 1. The third-order valence-electron chi connectivity index (χ3n) is 7.74. The first kappa shape index (κ1) is 27.8. The van der Waals surface area contributed by atoms with Gasteiger partial charge in [0.1, 0.15) is 17.4 Å². The second kappa shape index (κ2) is 10.5. The molecule has 1 atom stereocenters. The zero-order valence-corrected chi connectivity index (χ0v) is 22.8. The molecule has 6 rings (SSSR count). The van der Waals surface area contributed by atoms with Crippen LogP contribution in [-0.2, 0) is 16.4 Å². The van der Waals surface area contributed by atoms with Gasteiger partial charge in [0.25, 0.3) is 5.56 Å². The lowest BCUT2D eigenvalue weighted by Crippen LogP contribution is -2.51. The van der Waals surface area contributed by atoms with Crippen LogP contribution in [0.2, 0.25) is 5.02 Å². The van der Waals surface area contributed by atoms with E-state index >= 15 is 0 Å². The zero-order valence-electron chi connectivity index (χ0n) is 22.1. The third-order valence-corrected chi connectivity index (χ3v) is 7.97. The van der Waals surface area contributed by atoms with Crippen molar-refractivity contribution in [3.8, 4) is 11.8 Å². The van der Waals surface area contributed by atoms with Crippen molar-refractivity contribution in [1.29, 1.82) is 5.26 Å². The van der Waals surface area contributed by atoms with Gasteiger partial charge in [-0.2, -0.15) is 23.5 Å². The van der Waals surface area contributed by atoms with Crippen molar-refractivity contribution >= 4 is 35.0 Å². The summed E-state index contributed by atoms with van der Waals surface area (Å²) in [5, 5.41) is 15.5. The largest absolute Gasteiger partial charge is 0.486 e. The lowest BCUT2D eigenvalue weighted by molar-refractivity contribution is -0.138. The molecule has 11 nitrogen and oxygen atoms in total. The maximum Gasteiger partial charge on any atom is 0.421 e. The number of hydrogen-bond donors (Lipinski definition) is 1. The molecular formula is C27H24ClF3N8O3. The first-order valence-corrected chi connectivity index (χ1v) is 13.6. The minimum absolute atomic E-state index is 0.000233. The molecule has 1 amide bonds. The molecule has 15 heteroatoms. The van der Waals surface area contributed by atoms with Crippen LogP contribution in [0.3, 0.4) is 0 Å². The van der Waals surface area contributed by atoms with E-state index in [0.717, 1.165) is 18.4 Å². The highest BCUT2D eigenvalue weighted by Crippen LogP contribution is 2.47. The molecule has 0 spiro atoms. The Morgan fingerprint density at radius 2 is 1.88 bits per heavy atom. The van der Waals surface area contributed by atoms with Gasteiger partial charge in [0, 0.05) is 55.2 Å². The molecule has 2 aliphatic heterocycles. The van der Waals surface area contributed by atoms with E-state index in [4.69, 9.17) is 16.3 Å². The molecule has 1 N–H and O–H groups in total. The lowest BCUT2D eigenvalue weighted by Gasteiger charge is -2.38. The van der Waals surface area contributed by atoms with Gasteiger partial charge >= 0.3 is 6.18 Å². The number of halogens is 4. The summed E-state index contributed by atoms with van der Waals surface area (Å²) < 4.78 is 46.4. The Hall–Kier alpha value is -4.38. The fourth-order valence-electron chi connectivity index (χ4n) is 5.19. The van der Waals surface area contributed by atoms with Gasteiger partial charge < -0.3 is 19.4 Å². The van der Waals surface area contributed by atoms with Crippen LogP contribution in [0, 0.1) is 11.3 Å². The SMILES string of the molecule is N#CC1(c2cnc(N3CCN(C(=O)CC4CN(c5cc(C(F)(F)F)c(=O)[nH]n5)c5cc(Cl)ccc5O4)CC3)nc2)CC1. The number of benzene rings is 1. The molecule has 1 unspecified atom stereocenters. The van der Waals surface area contributed by atoms with Crippen molar-refractivity contribution in [3.63, 3.8) is 0 Å². The molecule has 1 saturated heterocycles. The summed E-state index contributed by atoms with van der Waals surface area (Å²) in [7, 11) is 0. The average Bonchev–Trinajstić information content (AvgIpc) is 3.78. The Morgan fingerprint density at radius 1 is 1.17 bits per heavy atom. The zero-order chi connectivity index (χ0) is 29.6. The fraction of sp³-hybridized carbons (Fsp3) is 0.407. The van der Waals surface area contributed by atoms with Gasteiger partial charge in [-0.25, -0.2) is 15.1 Å². The minimum atomic E-state index is -4.88.